The van der Waals surface area contributed by atoms with Crippen LogP contribution in [-0.4, -0.2) is 4.98 Å². The van der Waals surface area contributed by atoms with Gasteiger partial charge < -0.3 is 10.7 Å². The van der Waals surface area contributed by atoms with Gasteiger partial charge in [-0.25, -0.2) is 0 Å². The van der Waals surface area contributed by atoms with Gasteiger partial charge in [0.1, 0.15) is 0 Å². The summed E-state index contributed by atoms with van der Waals surface area (Å²) in [6, 6.07) is 15.8. The van der Waals surface area contributed by atoms with Crippen LogP contribution in [0.5, 0.6) is 0 Å². The van der Waals surface area contributed by atoms with Gasteiger partial charge >= 0.3 is 0 Å². The largest absolute Gasteiger partial charge is 0.398 e. The molecule has 0 fully saturated rings. The zero-order chi connectivity index (χ0) is 12.5. The number of benzene rings is 2. The van der Waals surface area contributed by atoms with E-state index in [2.05, 4.69) is 23.2 Å². The fourth-order valence-electron chi connectivity index (χ4n) is 1.84. The van der Waals surface area contributed by atoms with Gasteiger partial charge in [-0.1, -0.05) is 47.6 Å². The average Bonchev–Trinajstić information content (AvgIpc) is 2.76. The highest BCUT2D eigenvalue weighted by Gasteiger charge is 2.08. The van der Waals surface area contributed by atoms with E-state index in [-0.39, 0.29) is 0 Å². The summed E-state index contributed by atoms with van der Waals surface area (Å²) in [5.41, 5.74) is 7.76. The normalized spacial score (nSPS) is 10.9. The molecule has 3 aromatic rings. The Morgan fingerprint density at radius 1 is 1.06 bits per heavy atom. The Morgan fingerprint density at radius 2 is 1.89 bits per heavy atom. The number of nitrogen functional groups attached to an aromatic ring is 1. The Kier molecular flexibility index (Phi) is 2.94. The van der Waals surface area contributed by atoms with Gasteiger partial charge in [0.05, 0.1) is 14.9 Å². The number of hydrogen-bond donors (Lipinski definition) is 2. The predicted molar refractivity (Wildman–Crippen MR) is 78.3 cm³/mol. The molecule has 3 N–H and O–H groups in total. The van der Waals surface area contributed by atoms with Crippen molar-refractivity contribution in [1.29, 1.82) is 0 Å². The Hall–Kier alpha value is -1.58. The summed E-state index contributed by atoms with van der Waals surface area (Å²) in [6.07, 6.45) is 0. The second kappa shape index (κ2) is 4.59. The molecule has 0 saturated heterocycles. The topological polar surface area (TPSA) is 41.8 Å². The Labute approximate surface area is 114 Å². The lowest BCUT2D eigenvalue weighted by molar-refractivity contribution is 1.23. The molecule has 1 aromatic heterocycles. The maximum Gasteiger partial charge on any atom is 0.0782 e. The monoisotopic (exact) mass is 274 g/mol. The summed E-state index contributed by atoms with van der Waals surface area (Å²) < 4.78 is 0. The molecule has 90 valence electrons. The van der Waals surface area contributed by atoms with Crippen LogP contribution in [0.1, 0.15) is 0 Å². The van der Waals surface area contributed by atoms with Gasteiger partial charge in [-0.15, -0.1) is 0 Å². The number of nitrogens with one attached hydrogen (secondary N) is 1. The lowest BCUT2D eigenvalue weighted by Gasteiger charge is -2.05. The molecule has 0 aliphatic heterocycles. The van der Waals surface area contributed by atoms with Crippen LogP contribution in [0.2, 0.25) is 5.02 Å². The third kappa shape index (κ3) is 2.07. The van der Waals surface area contributed by atoms with Crippen molar-refractivity contribution < 1.29 is 0 Å². The molecule has 18 heavy (non-hydrogen) atoms. The molecule has 0 aliphatic carbocycles. The molecule has 0 saturated carbocycles. The number of aromatic amines is 1. The maximum absolute atomic E-state index is 6.16. The molecule has 1 heterocycles. The minimum atomic E-state index is 0.679. The lowest BCUT2D eigenvalue weighted by Crippen LogP contribution is -1.88. The van der Waals surface area contributed by atoms with Crippen molar-refractivity contribution in [3.8, 4) is 0 Å². The lowest BCUT2D eigenvalue weighted by atomic mass is 10.3. The van der Waals surface area contributed by atoms with Crippen molar-refractivity contribution in [2.45, 2.75) is 9.92 Å². The van der Waals surface area contributed by atoms with Gasteiger partial charge in [0, 0.05) is 16.6 Å². The van der Waals surface area contributed by atoms with Crippen LogP contribution in [0.15, 0.2) is 58.5 Å². The first-order valence-electron chi connectivity index (χ1n) is 5.53. The van der Waals surface area contributed by atoms with Crippen molar-refractivity contribution in [2.24, 2.45) is 0 Å². The summed E-state index contributed by atoms with van der Waals surface area (Å²) in [5, 5.41) is 2.90. The van der Waals surface area contributed by atoms with E-state index < -0.39 is 0 Å². The van der Waals surface area contributed by atoms with E-state index in [1.165, 1.54) is 5.39 Å². The van der Waals surface area contributed by atoms with Gasteiger partial charge in [0.25, 0.3) is 0 Å². The minimum absolute atomic E-state index is 0.679. The third-order valence-corrected chi connectivity index (χ3v) is 4.24. The summed E-state index contributed by atoms with van der Waals surface area (Å²) in [6.45, 7) is 0. The van der Waals surface area contributed by atoms with Crippen molar-refractivity contribution in [3.63, 3.8) is 0 Å². The van der Waals surface area contributed by atoms with E-state index in [0.717, 1.165) is 15.4 Å². The SMILES string of the molecule is Nc1cccc(Cl)c1Sc1cc2ccccc2[nH]1. The van der Waals surface area contributed by atoms with E-state index in [1.807, 2.05) is 30.3 Å². The quantitative estimate of drug-likeness (QED) is 0.673. The maximum atomic E-state index is 6.16. The van der Waals surface area contributed by atoms with Crippen LogP contribution >= 0.6 is 23.4 Å². The number of hydrogen-bond acceptors (Lipinski definition) is 2. The highest BCUT2D eigenvalue weighted by molar-refractivity contribution is 7.99. The Balaban J connectivity index is 2.01. The highest BCUT2D eigenvalue weighted by atomic mass is 35.5. The first kappa shape index (κ1) is 11.5. The molecule has 0 unspecified atom stereocenters. The zero-order valence-corrected chi connectivity index (χ0v) is 11.1. The number of fused-ring (bicyclic) bond motifs is 1. The highest BCUT2D eigenvalue weighted by Crippen LogP contribution is 2.37. The van der Waals surface area contributed by atoms with Crippen molar-refractivity contribution in [1.82, 2.24) is 4.98 Å². The number of nitrogens with two attached hydrogens (primary N) is 1. The standard InChI is InChI=1S/C14H11ClN2S/c15-10-5-3-6-11(16)14(10)18-13-8-9-4-1-2-7-12(9)17-13/h1-8,17H,16H2. The molecular weight excluding hydrogens is 264 g/mol. The van der Waals surface area contributed by atoms with E-state index in [0.29, 0.717) is 10.7 Å². The second-order valence-corrected chi connectivity index (χ2v) is 5.44. The zero-order valence-electron chi connectivity index (χ0n) is 9.48. The van der Waals surface area contributed by atoms with E-state index in [9.17, 15) is 0 Å². The van der Waals surface area contributed by atoms with E-state index in [1.54, 1.807) is 11.8 Å². The van der Waals surface area contributed by atoms with Crippen molar-refractivity contribution >= 4 is 40.0 Å². The summed E-state index contributed by atoms with van der Waals surface area (Å²) in [7, 11) is 0. The van der Waals surface area contributed by atoms with Gasteiger partial charge in [-0.2, -0.15) is 0 Å². The van der Waals surface area contributed by atoms with Gasteiger partial charge in [-0.3, -0.25) is 0 Å². The molecule has 4 heteroatoms. The number of H-pyrrole nitrogens is 1. The molecule has 0 bridgehead atoms. The fourth-order valence-corrected chi connectivity index (χ4v) is 3.06. The van der Waals surface area contributed by atoms with Crippen LogP contribution in [0.4, 0.5) is 5.69 Å². The molecule has 2 nitrogen and oxygen atoms in total. The molecule has 0 spiro atoms. The smallest absolute Gasteiger partial charge is 0.0782 e. The van der Waals surface area contributed by atoms with Gasteiger partial charge in [0.2, 0.25) is 0 Å². The number of halogens is 1. The molecule has 0 atom stereocenters. The van der Waals surface area contributed by atoms with Crippen molar-refractivity contribution in [2.75, 3.05) is 5.73 Å². The van der Waals surface area contributed by atoms with Crippen LogP contribution in [0.3, 0.4) is 0 Å². The van der Waals surface area contributed by atoms with Crippen LogP contribution < -0.4 is 5.73 Å². The Bertz CT molecular complexity index is 653. The molecule has 0 aliphatic rings. The van der Waals surface area contributed by atoms with Crippen molar-refractivity contribution in [3.05, 3.63) is 53.6 Å². The molecule has 0 amide bonds. The average molecular weight is 275 g/mol. The van der Waals surface area contributed by atoms with Crippen LogP contribution in [0, 0.1) is 0 Å². The number of para-hydroxylation sites is 1. The number of rotatable bonds is 2. The first-order valence-corrected chi connectivity index (χ1v) is 6.73. The van der Waals surface area contributed by atoms with E-state index in [4.69, 9.17) is 17.3 Å². The second-order valence-electron chi connectivity index (χ2n) is 3.98. The summed E-state index contributed by atoms with van der Waals surface area (Å²) >= 11 is 7.72. The van der Waals surface area contributed by atoms with Crippen LogP contribution in [-0.2, 0) is 0 Å². The molecule has 2 aromatic carbocycles. The predicted octanol–water partition coefficient (Wildman–Crippen LogP) is 4.55. The molecule has 0 radical (unpaired) electrons. The van der Waals surface area contributed by atoms with Gasteiger partial charge in [0.15, 0.2) is 0 Å². The minimum Gasteiger partial charge on any atom is -0.398 e. The first-order chi connectivity index (χ1) is 8.74. The molecule has 3 rings (SSSR count). The fraction of sp³-hybridized carbons (Fsp3) is 0. The van der Waals surface area contributed by atoms with E-state index >= 15 is 0 Å². The summed E-state index contributed by atoms with van der Waals surface area (Å²) in [5.74, 6) is 0. The van der Waals surface area contributed by atoms with Gasteiger partial charge in [-0.05, 0) is 24.3 Å². The third-order valence-electron chi connectivity index (χ3n) is 2.71. The number of anilines is 1. The molecular formula is C14H11ClN2S. The van der Waals surface area contributed by atoms with Crippen LogP contribution in [0.25, 0.3) is 10.9 Å². The Morgan fingerprint density at radius 3 is 2.67 bits per heavy atom. The summed E-state index contributed by atoms with van der Waals surface area (Å²) in [4.78, 5) is 4.24. The number of aromatic nitrogens is 1.